The molecule has 0 aromatic rings. The summed E-state index contributed by atoms with van der Waals surface area (Å²) in [7, 11) is 2.24. The third-order valence-corrected chi connectivity index (χ3v) is 4.44. The third kappa shape index (κ3) is 2.09. The lowest BCUT2D eigenvalue weighted by Gasteiger charge is -2.39. The van der Waals surface area contributed by atoms with E-state index in [0.29, 0.717) is 6.04 Å². The van der Waals surface area contributed by atoms with Crippen molar-refractivity contribution in [2.75, 3.05) is 13.6 Å². The molecule has 3 heteroatoms. The van der Waals surface area contributed by atoms with Crippen molar-refractivity contribution in [1.82, 2.24) is 10.2 Å². The molecule has 0 bridgehead atoms. The second kappa shape index (κ2) is 4.73. The summed E-state index contributed by atoms with van der Waals surface area (Å²) in [5.74, 6) is 0. The third-order valence-electron chi connectivity index (χ3n) is 4.44. The molecule has 2 rings (SSSR count). The van der Waals surface area contributed by atoms with Gasteiger partial charge in [-0.3, -0.25) is 5.32 Å². The van der Waals surface area contributed by atoms with Crippen LogP contribution in [0.5, 0.6) is 0 Å². The van der Waals surface area contributed by atoms with Crippen molar-refractivity contribution in [1.29, 1.82) is 5.26 Å². The van der Waals surface area contributed by atoms with E-state index in [1.165, 1.54) is 25.7 Å². The second-order valence-corrected chi connectivity index (χ2v) is 5.37. The Labute approximate surface area is 98.8 Å². The SMILES string of the molecule is CCNC1(C#N)CCC(N(C)C2CCC2)C1. The molecule has 0 heterocycles. The van der Waals surface area contributed by atoms with E-state index in [1.807, 2.05) is 0 Å². The van der Waals surface area contributed by atoms with Gasteiger partial charge in [0.25, 0.3) is 0 Å². The Morgan fingerprint density at radius 1 is 1.38 bits per heavy atom. The molecule has 0 spiro atoms. The molecule has 2 aliphatic rings. The van der Waals surface area contributed by atoms with Crippen LogP contribution in [0.1, 0.15) is 45.4 Å². The zero-order chi connectivity index (χ0) is 11.6. The predicted molar refractivity (Wildman–Crippen MR) is 65.1 cm³/mol. The molecule has 1 N–H and O–H groups in total. The van der Waals surface area contributed by atoms with Gasteiger partial charge in [-0.15, -0.1) is 0 Å². The minimum absolute atomic E-state index is 0.239. The van der Waals surface area contributed by atoms with Crippen LogP contribution in [-0.4, -0.2) is 36.1 Å². The lowest BCUT2D eigenvalue weighted by molar-refractivity contribution is 0.109. The van der Waals surface area contributed by atoms with Gasteiger partial charge in [0.1, 0.15) is 5.54 Å². The van der Waals surface area contributed by atoms with Crippen LogP contribution in [0.15, 0.2) is 0 Å². The zero-order valence-corrected chi connectivity index (χ0v) is 10.5. The van der Waals surface area contributed by atoms with Gasteiger partial charge in [0.05, 0.1) is 6.07 Å². The van der Waals surface area contributed by atoms with Gasteiger partial charge in [-0.25, -0.2) is 0 Å². The highest BCUT2D eigenvalue weighted by molar-refractivity contribution is 5.13. The molecule has 2 unspecified atom stereocenters. The van der Waals surface area contributed by atoms with E-state index < -0.39 is 0 Å². The highest BCUT2D eigenvalue weighted by Gasteiger charge is 2.42. The summed E-state index contributed by atoms with van der Waals surface area (Å²) in [5.41, 5.74) is -0.239. The molecule has 3 nitrogen and oxygen atoms in total. The normalized spacial score (nSPS) is 35.0. The van der Waals surface area contributed by atoms with Crippen molar-refractivity contribution in [3.63, 3.8) is 0 Å². The van der Waals surface area contributed by atoms with Crippen LogP contribution in [0.2, 0.25) is 0 Å². The van der Waals surface area contributed by atoms with Gasteiger partial charge in [0.15, 0.2) is 0 Å². The van der Waals surface area contributed by atoms with Crippen LogP contribution in [0.3, 0.4) is 0 Å². The molecule has 0 amide bonds. The number of hydrogen-bond acceptors (Lipinski definition) is 3. The van der Waals surface area contributed by atoms with E-state index in [4.69, 9.17) is 0 Å². The highest BCUT2D eigenvalue weighted by Crippen LogP contribution is 2.36. The van der Waals surface area contributed by atoms with Gasteiger partial charge in [-0.2, -0.15) is 5.26 Å². The molecule has 0 saturated heterocycles. The second-order valence-electron chi connectivity index (χ2n) is 5.37. The fourth-order valence-electron chi connectivity index (χ4n) is 3.10. The molecule has 0 aromatic carbocycles. The number of nitrogens with one attached hydrogen (secondary N) is 1. The average molecular weight is 221 g/mol. The lowest BCUT2D eigenvalue weighted by atomic mass is 9.90. The maximum absolute atomic E-state index is 9.33. The van der Waals surface area contributed by atoms with Crippen LogP contribution >= 0.6 is 0 Å². The molecule has 2 atom stereocenters. The molecule has 2 fully saturated rings. The maximum Gasteiger partial charge on any atom is 0.108 e. The molecule has 2 saturated carbocycles. The quantitative estimate of drug-likeness (QED) is 0.788. The monoisotopic (exact) mass is 221 g/mol. The summed E-state index contributed by atoms with van der Waals surface area (Å²) >= 11 is 0. The first-order valence-corrected chi connectivity index (χ1v) is 6.59. The Morgan fingerprint density at radius 3 is 2.62 bits per heavy atom. The molecule has 2 aliphatic carbocycles. The molecular formula is C13H23N3. The van der Waals surface area contributed by atoms with Gasteiger partial charge in [0, 0.05) is 12.1 Å². The highest BCUT2D eigenvalue weighted by atomic mass is 15.2. The lowest BCUT2D eigenvalue weighted by Crippen LogP contribution is -2.46. The Morgan fingerprint density at radius 2 is 2.12 bits per heavy atom. The van der Waals surface area contributed by atoms with Crippen LogP contribution < -0.4 is 5.32 Å². The molecule has 0 aliphatic heterocycles. The van der Waals surface area contributed by atoms with Gasteiger partial charge in [-0.05, 0) is 45.7 Å². The minimum Gasteiger partial charge on any atom is -0.300 e. The number of hydrogen-bond donors (Lipinski definition) is 1. The van der Waals surface area contributed by atoms with Crippen molar-refractivity contribution in [2.45, 2.75) is 63.1 Å². The Hall–Kier alpha value is -0.590. The Bertz CT molecular complexity index is 279. The summed E-state index contributed by atoms with van der Waals surface area (Å²) in [6, 6.07) is 3.91. The predicted octanol–water partition coefficient (Wildman–Crippen LogP) is 1.90. The van der Waals surface area contributed by atoms with E-state index >= 15 is 0 Å². The van der Waals surface area contributed by atoms with Gasteiger partial charge >= 0.3 is 0 Å². The first kappa shape index (κ1) is 11.9. The maximum atomic E-state index is 9.33. The van der Waals surface area contributed by atoms with Crippen LogP contribution in [-0.2, 0) is 0 Å². The van der Waals surface area contributed by atoms with E-state index in [9.17, 15) is 5.26 Å². The fraction of sp³-hybridized carbons (Fsp3) is 0.923. The van der Waals surface area contributed by atoms with Gasteiger partial charge < -0.3 is 4.90 Å². The fourth-order valence-corrected chi connectivity index (χ4v) is 3.10. The molecule has 0 aromatic heterocycles. The summed E-state index contributed by atoms with van der Waals surface area (Å²) in [6.07, 6.45) is 7.29. The summed E-state index contributed by atoms with van der Waals surface area (Å²) < 4.78 is 0. The van der Waals surface area contributed by atoms with Crippen molar-refractivity contribution in [3.05, 3.63) is 0 Å². The van der Waals surface area contributed by atoms with Crippen molar-refractivity contribution < 1.29 is 0 Å². The molecular weight excluding hydrogens is 198 g/mol. The topological polar surface area (TPSA) is 39.1 Å². The molecule has 0 radical (unpaired) electrons. The standard InChI is InChI=1S/C13H23N3/c1-3-15-13(10-14)8-7-12(9-13)16(2)11-5-4-6-11/h11-12,15H,3-9H2,1-2H3. The Balaban J connectivity index is 1.93. The van der Waals surface area contributed by atoms with E-state index in [-0.39, 0.29) is 5.54 Å². The van der Waals surface area contributed by atoms with Crippen molar-refractivity contribution in [2.24, 2.45) is 0 Å². The van der Waals surface area contributed by atoms with Crippen LogP contribution in [0.4, 0.5) is 0 Å². The van der Waals surface area contributed by atoms with Gasteiger partial charge in [0.2, 0.25) is 0 Å². The van der Waals surface area contributed by atoms with E-state index in [2.05, 4.69) is 30.3 Å². The zero-order valence-electron chi connectivity index (χ0n) is 10.5. The van der Waals surface area contributed by atoms with Gasteiger partial charge in [-0.1, -0.05) is 13.3 Å². The molecule has 16 heavy (non-hydrogen) atoms. The summed E-state index contributed by atoms with van der Waals surface area (Å²) in [4.78, 5) is 2.53. The first-order valence-electron chi connectivity index (χ1n) is 6.59. The summed E-state index contributed by atoms with van der Waals surface area (Å²) in [5, 5.41) is 12.7. The first-order chi connectivity index (χ1) is 7.71. The molecule has 90 valence electrons. The van der Waals surface area contributed by atoms with Crippen LogP contribution in [0.25, 0.3) is 0 Å². The van der Waals surface area contributed by atoms with Crippen molar-refractivity contribution >= 4 is 0 Å². The van der Waals surface area contributed by atoms with Crippen molar-refractivity contribution in [3.8, 4) is 6.07 Å². The Kier molecular flexibility index (Phi) is 3.51. The smallest absolute Gasteiger partial charge is 0.108 e. The summed E-state index contributed by atoms with van der Waals surface area (Å²) in [6.45, 7) is 2.98. The number of nitriles is 1. The van der Waals surface area contributed by atoms with E-state index in [1.54, 1.807) is 0 Å². The average Bonchev–Trinajstić information content (AvgIpc) is 2.61. The minimum atomic E-state index is -0.239. The number of nitrogens with zero attached hydrogens (tertiary/aromatic N) is 2. The van der Waals surface area contributed by atoms with E-state index in [0.717, 1.165) is 25.4 Å². The number of rotatable bonds is 4. The van der Waals surface area contributed by atoms with Crippen LogP contribution in [0, 0.1) is 11.3 Å². The largest absolute Gasteiger partial charge is 0.300 e.